The zero-order valence-corrected chi connectivity index (χ0v) is 10.9. The van der Waals surface area contributed by atoms with Crippen LogP contribution in [0.5, 0.6) is 0 Å². The van der Waals surface area contributed by atoms with Gasteiger partial charge in [-0.2, -0.15) is 5.10 Å². The van der Waals surface area contributed by atoms with E-state index < -0.39 is 0 Å². The van der Waals surface area contributed by atoms with Gasteiger partial charge in [0.05, 0.1) is 15.4 Å². The molecule has 2 N–H and O–H groups in total. The van der Waals surface area contributed by atoms with E-state index in [-0.39, 0.29) is 0 Å². The molecule has 0 spiro atoms. The molecule has 86 valence electrons. The van der Waals surface area contributed by atoms with Crippen molar-refractivity contribution in [3.05, 3.63) is 22.5 Å². The van der Waals surface area contributed by atoms with Crippen molar-refractivity contribution in [3.63, 3.8) is 0 Å². The lowest BCUT2D eigenvalue weighted by Gasteiger charge is -2.01. The number of aryl methyl sites for hydroxylation is 2. The minimum Gasteiger partial charge on any atom is -0.383 e. The fraction of sp³-hybridized carbons (Fsp3) is 0.182. The quantitative estimate of drug-likeness (QED) is 0.678. The Morgan fingerprint density at radius 1 is 1.24 bits per heavy atom. The van der Waals surface area contributed by atoms with Gasteiger partial charge < -0.3 is 5.73 Å². The van der Waals surface area contributed by atoms with E-state index in [1.807, 2.05) is 13.8 Å². The molecule has 0 aliphatic rings. The van der Waals surface area contributed by atoms with E-state index in [4.69, 9.17) is 17.3 Å². The molecule has 4 nitrogen and oxygen atoms in total. The number of hydrogen-bond donors (Lipinski definition) is 1. The first kappa shape index (κ1) is 10.7. The molecule has 3 aromatic rings. The molecule has 3 rings (SSSR count). The lowest BCUT2D eigenvalue weighted by atomic mass is 10.1. The fourth-order valence-corrected chi connectivity index (χ4v) is 3.27. The summed E-state index contributed by atoms with van der Waals surface area (Å²) in [5, 5.41) is 10.9. The minimum absolute atomic E-state index is 0.490. The average molecular weight is 265 g/mol. The SMILES string of the molecule is Cc1nnc2sc3c(N)ncc(Cl)c3c2c1C. The molecule has 0 bridgehead atoms. The van der Waals surface area contributed by atoms with Crippen LogP contribution in [0.2, 0.25) is 5.02 Å². The van der Waals surface area contributed by atoms with Crippen LogP contribution in [0, 0.1) is 13.8 Å². The van der Waals surface area contributed by atoms with Crippen molar-refractivity contribution in [2.24, 2.45) is 0 Å². The zero-order chi connectivity index (χ0) is 12.2. The Hall–Kier alpha value is -1.46. The third-order valence-corrected chi connectivity index (χ3v) is 4.27. The number of halogens is 1. The fourth-order valence-electron chi connectivity index (χ4n) is 1.87. The number of hydrogen-bond acceptors (Lipinski definition) is 5. The second kappa shape index (κ2) is 3.51. The van der Waals surface area contributed by atoms with E-state index in [0.29, 0.717) is 10.8 Å². The van der Waals surface area contributed by atoms with E-state index in [2.05, 4.69) is 15.2 Å². The van der Waals surface area contributed by atoms with Crippen LogP contribution in [-0.4, -0.2) is 15.2 Å². The third-order valence-electron chi connectivity index (χ3n) is 2.89. The highest BCUT2D eigenvalue weighted by Crippen LogP contribution is 2.40. The molecule has 0 radical (unpaired) electrons. The van der Waals surface area contributed by atoms with Crippen molar-refractivity contribution in [2.75, 3.05) is 5.73 Å². The first-order chi connectivity index (χ1) is 8.09. The van der Waals surface area contributed by atoms with E-state index in [9.17, 15) is 0 Å². The summed E-state index contributed by atoms with van der Waals surface area (Å²) in [6.07, 6.45) is 1.58. The van der Waals surface area contributed by atoms with Crippen LogP contribution in [0.4, 0.5) is 5.82 Å². The topological polar surface area (TPSA) is 64.7 Å². The summed E-state index contributed by atoms with van der Waals surface area (Å²) in [7, 11) is 0. The van der Waals surface area contributed by atoms with Gasteiger partial charge in [0.1, 0.15) is 10.6 Å². The van der Waals surface area contributed by atoms with Gasteiger partial charge in [-0.25, -0.2) is 4.98 Å². The number of anilines is 1. The molecule has 0 aliphatic heterocycles. The Morgan fingerprint density at radius 3 is 2.76 bits per heavy atom. The summed E-state index contributed by atoms with van der Waals surface area (Å²) < 4.78 is 0.885. The van der Waals surface area contributed by atoms with E-state index in [1.54, 1.807) is 6.20 Å². The van der Waals surface area contributed by atoms with Crippen LogP contribution in [-0.2, 0) is 0 Å². The zero-order valence-electron chi connectivity index (χ0n) is 9.28. The maximum atomic E-state index is 6.21. The smallest absolute Gasteiger partial charge is 0.147 e. The van der Waals surface area contributed by atoms with Crippen LogP contribution in [0.1, 0.15) is 11.3 Å². The van der Waals surface area contributed by atoms with Gasteiger partial charge in [-0.05, 0) is 19.4 Å². The second-order valence-electron chi connectivity index (χ2n) is 3.89. The van der Waals surface area contributed by atoms with Crippen molar-refractivity contribution < 1.29 is 0 Å². The van der Waals surface area contributed by atoms with Gasteiger partial charge in [-0.1, -0.05) is 11.6 Å². The van der Waals surface area contributed by atoms with Gasteiger partial charge >= 0.3 is 0 Å². The molecule has 0 fully saturated rings. The molecule has 0 saturated carbocycles. The first-order valence-electron chi connectivity index (χ1n) is 5.05. The Labute approximate surface area is 106 Å². The molecular formula is C11H9ClN4S. The van der Waals surface area contributed by atoms with E-state index in [1.165, 1.54) is 11.3 Å². The molecule has 0 saturated heterocycles. The van der Waals surface area contributed by atoms with Gasteiger partial charge in [-0.3, -0.25) is 0 Å². The monoisotopic (exact) mass is 264 g/mol. The number of aromatic nitrogens is 3. The average Bonchev–Trinajstić information content (AvgIpc) is 2.70. The summed E-state index contributed by atoms with van der Waals surface area (Å²) in [5.74, 6) is 0.490. The Kier molecular flexibility index (Phi) is 2.21. The van der Waals surface area contributed by atoms with Gasteiger partial charge in [0, 0.05) is 17.0 Å². The van der Waals surface area contributed by atoms with Gasteiger partial charge in [0.25, 0.3) is 0 Å². The van der Waals surface area contributed by atoms with Crippen molar-refractivity contribution in [1.82, 2.24) is 15.2 Å². The molecule has 17 heavy (non-hydrogen) atoms. The largest absolute Gasteiger partial charge is 0.383 e. The number of fused-ring (bicyclic) bond motifs is 3. The second-order valence-corrected chi connectivity index (χ2v) is 5.29. The predicted octanol–water partition coefficient (Wildman–Crippen LogP) is 3.09. The van der Waals surface area contributed by atoms with E-state index in [0.717, 1.165) is 31.6 Å². The normalized spacial score (nSPS) is 11.5. The molecule has 0 atom stereocenters. The number of nitrogen functional groups attached to an aromatic ring is 1. The lowest BCUT2D eigenvalue weighted by Crippen LogP contribution is -1.91. The molecule has 0 aliphatic carbocycles. The van der Waals surface area contributed by atoms with E-state index >= 15 is 0 Å². The molecule has 3 aromatic heterocycles. The Balaban J connectivity index is 2.67. The molecule has 6 heteroatoms. The highest BCUT2D eigenvalue weighted by Gasteiger charge is 2.16. The number of thiophene rings is 1. The summed E-state index contributed by atoms with van der Waals surface area (Å²) in [5.41, 5.74) is 7.87. The first-order valence-corrected chi connectivity index (χ1v) is 6.25. The highest BCUT2D eigenvalue weighted by molar-refractivity contribution is 7.26. The van der Waals surface area contributed by atoms with Crippen LogP contribution < -0.4 is 5.73 Å². The molecule has 0 amide bonds. The maximum Gasteiger partial charge on any atom is 0.147 e. The standard InChI is InChI=1S/C11H9ClN4S/c1-4-5(2)15-16-11-7(4)8-6(12)3-14-10(13)9(8)17-11/h3H,1-2H3,(H2,13,14). The van der Waals surface area contributed by atoms with Crippen molar-refractivity contribution >= 4 is 49.1 Å². The third kappa shape index (κ3) is 1.39. The van der Waals surface area contributed by atoms with Crippen LogP contribution in [0.25, 0.3) is 20.3 Å². The van der Waals surface area contributed by atoms with Crippen molar-refractivity contribution in [2.45, 2.75) is 13.8 Å². The Morgan fingerprint density at radius 2 is 2.00 bits per heavy atom. The predicted molar refractivity (Wildman–Crippen MR) is 71.6 cm³/mol. The maximum absolute atomic E-state index is 6.21. The number of rotatable bonds is 0. The molecule has 0 unspecified atom stereocenters. The highest BCUT2D eigenvalue weighted by atomic mass is 35.5. The summed E-state index contributed by atoms with van der Waals surface area (Å²) >= 11 is 7.69. The van der Waals surface area contributed by atoms with Crippen LogP contribution >= 0.6 is 22.9 Å². The number of nitrogens with two attached hydrogens (primary N) is 1. The summed E-state index contributed by atoms with van der Waals surface area (Å²) in [6.45, 7) is 3.95. The lowest BCUT2D eigenvalue weighted by molar-refractivity contribution is 1.01. The molecule has 3 heterocycles. The van der Waals surface area contributed by atoms with Crippen LogP contribution in [0.3, 0.4) is 0 Å². The Bertz CT molecular complexity index is 750. The van der Waals surface area contributed by atoms with Crippen molar-refractivity contribution in [3.8, 4) is 0 Å². The molecular weight excluding hydrogens is 256 g/mol. The minimum atomic E-state index is 0.490. The van der Waals surface area contributed by atoms with Crippen LogP contribution in [0.15, 0.2) is 6.20 Å². The summed E-state index contributed by atoms with van der Waals surface area (Å²) in [6, 6.07) is 0. The van der Waals surface area contributed by atoms with Gasteiger partial charge in [0.15, 0.2) is 0 Å². The summed E-state index contributed by atoms with van der Waals surface area (Å²) in [4.78, 5) is 4.91. The number of pyridine rings is 1. The van der Waals surface area contributed by atoms with Gasteiger partial charge in [0.2, 0.25) is 0 Å². The van der Waals surface area contributed by atoms with Crippen molar-refractivity contribution in [1.29, 1.82) is 0 Å². The van der Waals surface area contributed by atoms with Gasteiger partial charge in [-0.15, -0.1) is 16.4 Å². The molecule has 0 aromatic carbocycles. The number of nitrogens with zero attached hydrogens (tertiary/aromatic N) is 3.